The Morgan fingerprint density at radius 3 is 2.52 bits per heavy atom. The van der Waals surface area contributed by atoms with E-state index in [-0.39, 0.29) is 23.1 Å². The molecule has 0 aromatic heterocycles. The Labute approximate surface area is 196 Å². The van der Waals surface area contributed by atoms with Crippen LogP contribution in [0.3, 0.4) is 0 Å². The molecule has 0 atom stereocenters. The number of rotatable bonds is 10. The Bertz CT molecular complexity index is 1080. The number of amides is 1. The Hall–Kier alpha value is -2.62. The van der Waals surface area contributed by atoms with Gasteiger partial charge in [-0.3, -0.25) is 9.69 Å². The minimum Gasteiger partial charge on any atom is -0.497 e. The van der Waals surface area contributed by atoms with E-state index in [0.29, 0.717) is 31.9 Å². The summed E-state index contributed by atoms with van der Waals surface area (Å²) in [5.74, 6) is 0.886. The van der Waals surface area contributed by atoms with Crippen LogP contribution in [-0.4, -0.2) is 63.4 Å². The van der Waals surface area contributed by atoms with Gasteiger partial charge in [0.25, 0.3) is 0 Å². The third kappa shape index (κ3) is 5.85. The first-order valence-electron chi connectivity index (χ1n) is 11.3. The van der Waals surface area contributed by atoms with Gasteiger partial charge in [0.15, 0.2) is 0 Å². The Kier molecular flexibility index (Phi) is 8.34. The quantitative estimate of drug-likeness (QED) is 0.568. The predicted molar refractivity (Wildman–Crippen MR) is 128 cm³/mol. The lowest BCUT2D eigenvalue weighted by Crippen LogP contribution is -2.37. The number of carbonyl (C=O) groups excluding carboxylic acids is 1. The SMILES string of the molecule is CCOc1ccc(NC(=O)CN2CCc3ccc(OC)cc3C2)cc1S(=O)(=O)N(CC)CC. The van der Waals surface area contributed by atoms with Gasteiger partial charge in [-0.05, 0) is 54.8 Å². The summed E-state index contributed by atoms with van der Waals surface area (Å²) in [7, 11) is -2.10. The molecule has 3 rings (SSSR count). The molecule has 1 aliphatic rings. The third-order valence-corrected chi connectivity index (χ3v) is 7.79. The van der Waals surface area contributed by atoms with Crippen molar-refractivity contribution in [3.05, 3.63) is 47.5 Å². The molecular formula is C24H33N3O5S. The van der Waals surface area contributed by atoms with Crippen LogP contribution in [0.25, 0.3) is 0 Å². The summed E-state index contributed by atoms with van der Waals surface area (Å²) >= 11 is 0. The topological polar surface area (TPSA) is 88.2 Å². The number of hydrogen-bond acceptors (Lipinski definition) is 6. The van der Waals surface area contributed by atoms with Gasteiger partial charge >= 0.3 is 0 Å². The molecule has 180 valence electrons. The van der Waals surface area contributed by atoms with Crippen LogP contribution in [0.4, 0.5) is 5.69 Å². The number of hydrogen-bond donors (Lipinski definition) is 1. The maximum atomic E-state index is 13.1. The highest BCUT2D eigenvalue weighted by Crippen LogP contribution is 2.30. The first-order chi connectivity index (χ1) is 15.8. The van der Waals surface area contributed by atoms with E-state index in [2.05, 4.69) is 16.3 Å². The van der Waals surface area contributed by atoms with Gasteiger partial charge in [-0.25, -0.2) is 8.42 Å². The molecule has 0 saturated carbocycles. The van der Waals surface area contributed by atoms with Crippen molar-refractivity contribution < 1.29 is 22.7 Å². The second kappa shape index (κ2) is 11.0. The molecule has 0 spiro atoms. The molecule has 0 fully saturated rings. The van der Waals surface area contributed by atoms with Crippen molar-refractivity contribution in [2.24, 2.45) is 0 Å². The number of methoxy groups -OCH3 is 1. The molecule has 9 heteroatoms. The van der Waals surface area contributed by atoms with E-state index in [1.165, 1.54) is 15.9 Å². The van der Waals surface area contributed by atoms with Crippen LogP contribution in [-0.2, 0) is 27.8 Å². The molecule has 2 aromatic rings. The van der Waals surface area contributed by atoms with Gasteiger partial charge in [0.1, 0.15) is 16.4 Å². The largest absolute Gasteiger partial charge is 0.497 e. The molecular weight excluding hydrogens is 442 g/mol. The van der Waals surface area contributed by atoms with Gasteiger partial charge in [-0.1, -0.05) is 19.9 Å². The van der Waals surface area contributed by atoms with Crippen molar-refractivity contribution >= 4 is 21.6 Å². The molecule has 0 aliphatic carbocycles. The number of benzene rings is 2. The molecule has 1 N–H and O–H groups in total. The molecule has 2 aromatic carbocycles. The summed E-state index contributed by atoms with van der Waals surface area (Å²) in [5, 5.41) is 2.85. The van der Waals surface area contributed by atoms with Crippen LogP contribution in [0.1, 0.15) is 31.9 Å². The average Bonchev–Trinajstić information content (AvgIpc) is 2.80. The van der Waals surface area contributed by atoms with Crippen molar-refractivity contribution in [1.82, 2.24) is 9.21 Å². The second-order valence-corrected chi connectivity index (χ2v) is 9.73. The van der Waals surface area contributed by atoms with Crippen molar-refractivity contribution in [3.63, 3.8) is 0 Å². The number of fused-ring (bicyclic) bond motifs is 1. The Balaban J connectivity index is 1.74. The molecule has 0 radical (unpaired) electrons. The third-order valence-electron chi connectivity index (χ3n) is 5.72. The Morgan fingerprint density at radius 1 is 1.09 bits per heavy atom. The molecule has 1 aliphatic heterocycles. The number of sulfonamides is 1. The van der Waals surface area contributed by atoms with Crippen LogP contribution in [0.5, 0.6) is 11.5 Å². The Morgan fingerprint density at radius 2 is 1.85 bits per heavy atom. The van der Waals surface area contributed by atoms with Crippen LogP contribution < -0.4 is 14.8 Å². The zero-order valence-electron chi connectivity index (χ0n) is 19.8. The van der Waals surface area contributed by atoms with Gasteiger partial charge in [-0.15, -0.1) is 0 Å². The van der Waals surface area contributed by atoms with E-state index >= 15 is 0 Å². The molecule has 1 heterocycles. The average molecular weight is 476 g/mol. The molecule has 0 saturated heterocycles. The monoisotopic (exact) mass is 475 g/mol. The molecule has 0 bridgehead atoms. The standard InChI is InChI=1S/C24H33N3O5S/c1-5-27(6-2)33(29,30)23-15-20(9-11-22(23)32-7-3)25-24(28)17-26-13-12-18-8-10-21(31-4)14-19(18)16-26/h8-11,14-15H,5-7,12-13,16-17H2,1-4H3,(H,25,28). The fraction of sp³-hybridized carbons (Fsp3) is 0.458. The van der Waals surface area contributed by atoms with Crippen LogP contribution in [0, 0.1) is 0 Å². The summed E-state index contributed by atoms with van der Waals surface area (Å²) in [6.07, 6.45) is 0.863. The summed E-state index contributed by atoms with van der Waals surface area (Å²) in [6, 6.07) is 10.8. The van der Waals surface area contributed by atoms with Crippen molar-refractivity contribution in [2.75, 3.05) is 45.2 Å². The van der Waals surface area contributed by atoms with Gasteiger partial charge in [0.05, 0.1) is 20.3 Å². The van der Waals surface area contributed by atoms with Crippen LogP contribution in [0.2, 0.25) is 0 Å². The van der Waals surface area contributed by atoms with Crippen LogP contribution >= 0.6 is 0 Å². The van der Waals surface area contributed by atoms with Crippen molar-refractivity contribution in [2.45, 2.75) is 38.6 Å². The predicted octanol–water partition coefficient (Wildman–Crippen LogP) is 3.12. The minimum atomic E-state index is -3.74. The van der Waals surface area contributed by atoms with E-state index < -0.39 is 10.0 Å². The lowest BCUT2D eigenvalue weighted by atomic mass is 9.99. The molecule has 0 unspecified atom stereocenters. The van der Waals surface area contributed by atoms with Gasteiger partial charge in [0, 0.05) is 31.9 Å². The first-order valence-corrected chi connectivity index (χ1v) is 12.7. The first kappa shape index (κ1) is 25.0. The highest BCUT2D eigenvalue weighted by atomic mass is 32.2. The summed E-state index contributed by atoms with van der Waals surface area (Å²) < 4.78 is 38.5. The fourth-order valence-electron chi connectivity index (χ4n) is 4.02. The van der Waals surface area contributed by atoms with Gasteiger partial charge < -0.3 is 14.8 Å². The lowest BCUT2D eigenvalue weighted by Gasteiger charge is -2.28. The van der Waals surface area contributed by atoms with Crippen LogP contribution in [0.15, 0.2) is 41.3 Å². The maximum Gasteiger partial charge on any atom is 0.246 e. The summed E-state index contributed by atoms with van der Waals surface area (Å²) in [4.78, 5) is 14.9. The fourth-order valence-corrected chi connectivity index (χ4v) is 5.64. The normalized spacial score (nSPS) is 14.1. The van der Waals surface area contributed by atoms with Gasteiger partial charge in [0.2, 0.25) is 15.9 Å². The number of nitrogens with zero attached hydrogens (tertiary/aromatic N) is 2. The van der Waals surface area contributed by atoms with Gasteiger partial charge in [-0.2, -0.15) is 4.31 Å². The second-order valence-electron chi connectivity index (χ2n) is 7.83. The smallest absolute Gasteiger partial charge is 0.246 e. The summed E-state index contributed by atoms with van der Waals surface area (Å²) in [5.41, 5.74) is 2.85. The number of nitrogens with one attached hydrogen (secondary N) is 1. The highest BCUT2D eigenvalue weighted by Gasteiger charge is 2.27. The van der Waals surface area contributed by atoms with Crippen molar-refractivity contribution in [3.8, 4) is 11.5 Å². The zero-order valence-corrected chi connectivity index (χ0v) is 20.6. The van der Waals surface area contributed by atoms with E-state index in [1.54, 1.807) is 40.0 Å². The van der Waals surface area contributed by atoms with E-state index in [9.17, 15) is 13.2 Å². The highest BCUT2D eigenvalue weighted by molar-refractivity contribution is 7.89. The van der Waals surface area contributed by atoms with E-state index in [4.69, 9.17) is 9.47 Å². The zero-order chi connectivity index (χ0) is 24.0. The molecule has 8 nitrogen and oxygen atoms in total. The van der Waals surface area contributed by atoms with E-state index in [1.807, 2.05) is 12.1 Å². The van der Waals surface area contributed by atoms with E-state index in [0.717, 1.165) is 24.3 Å². The minimum absolute atomic E-state index is 0.0600. The number of carbonyl (C=O) groups is 1. The summed E-state index contributed by atoms with van der Waals surface area (Å²) in [6.45, 7) is 8.07. The maximum absolute atomic E-state index is 13.1. The lowest BCUT2D eigenvalue weighted by molar-refractivity contribution is -0.117. The number of anilines is 1. The molecule has 33 heavy (non-hydrogen) atoms. The van der Waals surface area contributed by atoms with Crippen molar-refractivity contribution in [1.29, 1.82) is 0 Å². The molecule has 1 amide bonds. The number of ether oxygens (including phenoxy) is 2.